The van der Waals surface area contributed by atoms with Crippen LogP contribution in [0.4, 0.5) is 10.5 Å². The minimum Gasteiger partial charge on any atom is -0.461 e. The largest absolute Gasteiger partial charge is 0.461 e. The number of halogens is 1. The van der Waals surface area contributed by atoms with Crippen molar-refractivity contribution in [3.05, 3.63) is 28.8 Å². The Morgan fingerprint density at radius 3 is 2.45 bits per heavy atom. The summed E-state index contributed by atoms with van der Waals surface area (Å²) in [5.74, 6) is -0.378. The third kappa shape index (κ3) is 5.93. The summed E-state index contributed by atoms with van der Waals surface area (Å²) < 4.78 is 9.99. The number of anilines is 1. The van der Waals surface area contributed by atoms with Gasteiger partial charge in [-0.3, -0.25) is 10.1 Å². The number of hydrogen-bond acceptors (Lipinski definition) is 4. The monoisotopic (exact) mass is 299 g/mol. The molecule has 0 radical (unpaired) electrons. The Morgan fingerprint density at radius 2 is 1.95 bits per heavy atom. The maximum atomic E-state index is 11.6. The number of ether oxygens (including phenoxy) is 2. The lowest BCUT2D eigenvalue weighted by atomic mass is 10.2. The van der Waals surface area contributed by atoms with E-state index in [0.29, 0.717) is 16.3 Å². The van der Waals surface area contributed by atoms with E-state index in [-0.39, 0.29) is 12.6 Å². The molecule has 0 unspecified atom stereocenters. The van der Waals surface area contributed by atoms with Crippen LogP contribution in [-0.2, 0) is 20.9 Å². The van der Waals surface area contributed by atoms with Gasteiger partial charge in [0.25, 0.3) is 0 Å². The highest BCUT2D eigenvalue weighted by Gasteiger charge is 2.16. The van der Waals surface area contributed by atoms with Crippen LogP contribution in [-0.4, -0.2) is 17.7 Å². The first-order chi connectivity index (χ1) is 9.17. The maximum Gasteiger partial charge on any atom is 0.412 e. The smallest absolute Gasteiger partial charge is 0.412 e. The number of benzene rings is 1. The van der Waals surface area contributed by atoms with Gasteiger partial charge in [-0.05, 0) is 32.9 Å². The van der Waals surface area contributed by atoms with Crippen LogP contribution in [0.15, 0.2) is 18.2 Å². The highest BCUT2D eigenvalue weighted by Crippen LogP contribution is 2.22. The van der Waals surface area contributed by atoms with E-state index in [1.165, 1.54) is 6.92 Å². The van der Waals surface area contributed by atoms with Crippen molar-refractivity contribution in [2.75, 3.05) is 5.32 Å². The first kappa shape index (κ1) is 16.3. The molecular weight excluding hydrogens is 282 g/mol. The zero-order valence-electron chi connectivity index (χ0n) is 12.0. The maximum absolute atomic E-state index is 11.6. The van der Waals surface area contributed by atoms with E-state index in [1.54, 1.807) is 39.0 Å². The molecular formula is C14H18ClNO4. The lowest BCUT2D eigenvalue weighted by Gasteiger charge is -2.19. The quantitative estimate of drug-likeness (QED) is 0.863. The number of nitrogens with one attached hydrogen (secondary N) is 1. The Hall–Kier alpha value is -1.75. The van der Waals surface area contributed by atoms with Gasteiger partial charge in [-0.25, -0.2) is 4.79 Å². The van der Waals surface area contributed by atoms with Gasteiger partial charge in [0, 0.05) is 23.2 Å². The van der Waals surface area contributed by atoms with Crippen LogP contribution in [0.1, 0.15) is 33.3 Å². The van der Waals surface area contributed by atoms with Crippen molar-refractivity contribution in [2.24, 2.45) is 0 Å². The molecule has 0 aliphatic heterocycles. The molecule has 1 rings (SSSR count). The molecule has 0 saturated heterocycles. The minimum atomic E-state index is -0.566. The summed E-state index contributed by atoms with van der Waals surface area (Å²) in [6.45, 7) is 6.76. The zero-order valence-corrected chi connectivity index (χ0v) is 12.7. The Kier molecular flexibility index (Phi) is 5.39. The second kappa shape index (κ2) is 6.61. The van der Waals surface area contributed by atoms with Crippen molar-refractivity contribution >= 4 is 29.4 Å². The Labute approximate surface area is 123 Å². The van der Waals surface area contributed by atoms with Gasteiger partial charge in [0.2, 0.25) is 0 Å². The summed E-state index contributed by atoms with van der Waals surface area (Å²) in [5.41, 5.74) is 0.607. The molecule has 110 valence electrons. The molecule has 0 aromatic heterocycles. The number of carbonyl (C=O) groups is 2. The SMILES string of the molecule is CC(=O)OCc1ccc(NC(=O)OC(C)(C)C)cc1Cl. The molecule has 1 aromatic rings. The third-order valence-electron chi connectivity index (χ3n) is 2.13. The van der Waals surface area contributed by atoms with Crippen molar-refractivity contribution in [1.29, 1.82) is 0 Å². The molecule has 1 N–H and O–H groups in total. The van der Waals surface area contributed by atoms with Gasteiger partial charge >= 0.3 is 12.1 Å². The second-order valence-corrected chi connectivity index (χ2v) is 5.62. The van der Waals surface area contributed by atoms with Crippen LogP contribution in [0.25, 0.3) is 0 Å². The van der Waals surface area contributed by atoms with E-state index in [2.05, 4.69) is 5.32 Å². The molecule has 0 aliphatic carbocycles. The average molecular weight is 300 g/mol. The summed E-state index contributed by atoms with van der Waals surface area (Å²) >= 11 is 6.05. The fourth-order valence-electron chi connectivity index (χ4n) is 1.34. The van der Waals surface area contributed by atoms with Gasteiger partial charge in [0.1, 0.15) is 12.2 Å². The standard InChI is InChI=1S/C14H18ClNO4/c1-9(17)19-8-10-5-6-11(7-12(10)15)16-13(18)20-14(2,3)4/h5-7H,8H2,1-4H3,(H,16,18). The number of carbonyl (C=O) groups excluding carboxylic acids is 2. The Morgan fingerprint density at radius 1 is 1.30 bits per heavy atom. The molecule has 0 saturated carbocycles. The van der Waals surface area contributed by atoms with Crippen molar-refractivity contribution in [1.82, 2.24) is 0 Å². The van der Waals surface area contributed by atoms with E-state index >= 15 is 0 Å². The number of hydrogen-bond donors (Lipinski definition) is 1. The molecule has 0 spiro atoms. The van der Waals surface area contributed by atoms with Gasteiger partial charge in [-0.15, -0.1) is 0 Å². The van der Waals surface area contributed by atoms with Gasteiger partial charge in [-0.1, -0.05) is 17.7 Å². The van der Waals surface area contributed by atoms with Gasteiger partial charge in [-0.2, -0.15) is 0 Å². The molecule has 6 heteroatoms. The highest BCUT2D eigenvalue weighted by atomic mass is 35.5. The number of rotatable bonds is 3. The topological polar surface area (TPSA) is 64.6 Å². The lowest BCUT2D eigenvalue weighted by Crippen LogP contribution is -2.27. The summed E-state index contributed by atoms with van der Waals surface area (Å²) in [6.07, 6.45) is -0.554. The molecule has 1 aromatic carbocycles. The predicted octanol–water partition coefficient (Wildman–Crippen LogP) is 3.75. The molecule has 20 heavy (non-hydrogen) atoms. The predicted molar refractivity (Wildman–Crippen MR) is 76.8 cm³/mol. The molecule has 0 heterocycles. The zero-order chi connectivity index (χ0) is 15.3. The van der Waals surface area contributed by atoms with E-state index in [9.17, 15) is 9.59 Å². The Bertz CT molecular complexity index is 508. The van der Waals surface area contributed by atoms with Crippen LogP contribution >= 0.6 is 11.6 Å². The third-order valence-corrected chi connectivity index (χ3v) is 2.48. The molecule has 1 amide bonds. The Balaban J connectivity index is 2.67. The molecule has 0 fully saturated rings. The lowest BCUT2D eigenvalue weighted by molar-refractivity contribution is -0.142. The number of esters is 1. The molecule has 5 nitrogen and oxygen atoms in total. The minimum absolute atomic E-state index is 0.0981. The van der Waals surface area contributed by atoms with E-state index < -0.39 is 11.7 Å². The number of amides is 1. The van der Waals surface area contributed by atoms with E-state index in [1.807, 2.05) is 0 Å². The fourth-order valence-corrected chi connectivity index (χ4v) is 1.58. The van der Waals surface area contributed by atoms with Crippen LogP contribution in [0, 0.1) is 0 Å². The summed E-state index contributed by atoms with van der Waals surface area (Å²) in [6, 6.07) is 4.91. The first-order valence-electron chi connectivity index (χ1n) is 6.09. The normalized spacial score (nSPS) is 10.8. The fraction of sp³-hybridized carbons (Fsp3) is 0.429. The molecule has 0 bridgehead atoms. The summed E-state index contributed by atoms with van der Waals surface area (Å²) in [7, 11) is 0. The van der Waals surface area contributed by atoms with Crippen molar-refractivity contribution in [3.63, 3.8) is 0 Å². The summed E-state index contributed by atoms with van der Waals surface area (Å²) in [5, 5.41) is 2.98. The van der Waals surface area contributed by atoms with E-state index in [4.69, 9.17) is 21.1 Å². The highest BCUT2D eigenvalue weighted by molar-refractivity contribution is 6.31. The van der Waals surface area contributed by atoms with Gasteiger partial charge in [0.15, 0.2) is 0 Å². The van der Waals surface area contributed by atoms with Gasteiger partial charge in [0.05, 0.1) is 0 Å². The summed E-state index contributed by atoms with van der Waals surface area (Å²) in [4.78, 5) is 22.3. The van der Waals surface area contributed by atoms with Crippen LogP contribution in [0.2, 0.25) is 5.02 Å². The van der Waals surface area contributed by atoms with Crippen molar-refractivity contribution in [3.8, 4) is 0 Å². The molecule has 0 aliphatic rings. The van der Waals surface area contributed by atoms with Crippen LogP contribution in [0.5, 0.6) is 0 Å². The second-order valence-electron chi connectivity index (χ2n) is 5.21. The average Bonchev–Trinajstić information content (AvgIpc) is 2.24. The van der Waals surface area contributed by atoms with Gasteiger partial charge < -0.3 is 9.47 Å². The van der Waals surface area contributed by atoms with E-state index in [0.717, 1.165) is 0 Å². The first-order valence-corrected chi connectivity index (χ1v) is 6.47. The molecule has 0 atom stereocenters. The van der Waals surface area contributed by atoms with Crippen molar-refractivity contribution in [2.45, 2.75) is 39.9 Å². The van der Waals surface area contributed by atoms with Crippen LogP contribution < -0.4 is 5.32 Å². The van der Waals surface area contributed by atoms with Crippen molar-refractivity contribution < 1.29 is 19.1 Å². The van der Waals surface area contributed by atoms with Crippen LogP contribution in [0.3, 0.4) is 0 Å².